The Kier molecular flexibility index (Phi) is 13.3. The highest BCUT2D eigenvalue weighted by Crippen LogP contribution is 2.13. The van der Waals surface area contributed by atoms with Crippen LogP contribution in [0.3, 0.4) is 0 Å². The van der Waals surface area contributed by atoms with Crippen molar-refractivity contribution in [2.45, 2.75) is 26.2 Å². The average Bonchev–Trinajstić information content (AvgIpc) is 2.69. The van der Waals surface area contributed by atoms with E-state index in [1.807, 2.05) is 0 Å². The van der Waals surface area contributed by atoms with Crippen LogP contribution in [0.5, 0.6) is 0 Å². The van der Waals surface area contributed by atoms with E-state index in [-0.39, 0.29) is 24.0 Å². The van der Waals surface area contributed by atoms with Crippen LogP contribution in [-0.4, -0.2) is 77.4 Å². The number of hydrogen-bond acceptors (Lipinski definition) is 4. The first kappa shape index (κ1) is 25.0. The van der Waals surface area contributed by atoms with Crippen molar-refractivity contribution in [2.75, 3.05) is 71.5 Å². The molecule has 1 aliphatic heterocycles. The summed E-state index contributed by atoms with van der Waals surface area (Å²) in [6, 6.07) is 8.79. The van der Waals surface area contributed by atoms with Gasteiger partial charge in [-0.1, -0.05) is 12.1 Å². The SMILES string of the molecule is CCNC(=NCCCc1ccc(N(C)C)cc1)NCCCN1CCOCC1.I. The summed E-state index contributed by atoms with van der Waals surface area (Å²) in [5.41, 5.74) is 2.62. The molecule has 7 heteroatoms. The molecule has 160 valence electrons. The largest absolute Gasteiger partial charge is 0.379 e. The minimum Gasteiger partial charge on any atom is -0.379 e. The number of nitrogens with zero attached hydrogens (tertiary/aromatic N) is 3. The molecule has 1 heterocycles. The van der Waals surface area contributed by atoms with E-state index in [1.165, 1.54) is 11.3 Å². The van der Waals surface area contributed by atoms with E-state index in [2.05, 4.69) is 65.7 Å². The number of guanidine groups is 1. The van der Waals surface area contributed by atoms with Crippen LogP contribution in [0.1, 0.15) is 25.3 Å². The molecule has 0 amide bonds. The second kappa shape index (κ2) is 14.9. The van der Waals surface area contributed by atoms with E-state index in [9.17, 15) is 0 Å². The van der Waals surface area contributed by atoms with Crippen LogP contribution in [0.4, 0.5) is 5.69 Å². The predicted octanol–water partition coefficient (Wildman–Crippen LogP) is 2.58. The maximum Gasteiger partial charge on any atom is 0.191 e. The van der Waals surface area contributed by atoms with Crippen molar-refractivity contribution < 1.29 is 4.74 Å². The van der Waals surface area contributed by atoms with Crippen molar-refractivity contribution in [1.82, 2.24) is 15.5 Å². The third kappa shape index (κ3) is 9.93. The van der Waals surface area contributed by atoms with E-state index in [4.69, 9.17) is 9.73 Å². The van der Waals surface area contributed by atoms with Crippen molar-refractivity contribution in [1.29, 1.82) is 0 Å². The molecule has 0 aromatic heterocycles. The molecule has 0 unspecified atom stereocenters. The summed E-state index contributed by atoms with van der Waals surface area (Å²) < 4.78 is 5.39. The number of ether oxygens (including phenoxy) is 1. The lowest BCUT2D eigenvalue weighted by Crippen LogP contribution is -2.40. The Morgan fingerprint density at radius 2 is 1.82 bits per heavy atom. The fourth-order valence-corrected chi connectivity index (χ4v) is 3.11. The zero-order chi connectivity index (χ0) is 19.3. The molecule has 0 aliphatic carbocycles. The highest BCUT2D eigenvalue weighted by molar-refractivity contribution is 14.0. The number of rotatable bonds is 10. The van der Waals surface area contributed by atoms with Crippen LogP contribution < -0.4 is 15.5 Å². The van der Waals surface area contributed by atoms with Gasteiger partial charge in [-0.15, -0.1) is 24.0 Å². The standard InChI is InChI=1S/C21H37N5O.HI/c1-4-22-21(24-13-6-14-26-15-17-27-18-16-26)23-12-5-7-19-8-10-20(11-9-19)25(2)3;/h8-11H,4-7,12-18H2,1-3H3,(H2,22,23,24);1H. The van der Waals surface area contributed by atoms with Crippen molar-refractivity contribution >= 4 is 35.6 Å². The Balaban J connectivity index is 0.00000392. The van der Waals surface area contributed by atoms with E-state index >= 15 is 0 Å². The van der Waals surface area contributed by atoms with E-state index in [1.54, 1.807) is 0 Å². The number of nitrogens with one attached hydrogen (secondary N) is 2. The molecule has 28 heavy (non-hydrogen) atoms. The van der Waals surface area contributed by atoms with E-state index in [0.29, 0.717) is 0 Å². The summed E-state index contributed by atoms with van der Waals surface area (Å²) >= 11 is 0. The van der Waals surface area contributed by atoms with Crippen molar-refractivity contribution in [3.8, 4) is 0 Å². The first-order chi connectivity index (χ1) is 13.2. The average molecular weight is 503 g/mol. The van der Waals surface area contributed by atoms with Gasteiger partial charge in [0.2, 0.25) is 0 Å². The highest BCUT2D eigenvalue weighted by Gasteiger charge is 2.09. The maximum atomic E-state index is 5.39. The van der Waals surface area contributed by atoms with E-state index in [0.717, 1.165) is 77.7 Å². The smallest absolute Gasteiger partial charge is 0.191 e. The Morgan fingerprint density at radius 1 is 1.11 bits per heavy atom. The minimum atomic E-state index is 0. The fraction of sp³-hybridized carbons (Fsp3) is 0.667. The van der Waals surface area contributed by atoms with Gasteiger partial charge in [0.1, 0.15) is 0 Å². The van der Waals surface area contributed by atoms with Crippen LogP contribution in [0.15, 0.2) is 29.3 Å². The fourth-order valence-electron chi connectivity index (χ4n) is 3.11. The lowest BCUT2D eigenvalue weighted by atomic mass is 10.1. The van der Waals surface area contributed by atoms with Crippen molar-refractivity contribution in [3.05, 3.63) is 29.8 Å². The summed E-state index contributed by atoms with van der Waals surface area (Å²) in [5.74, 6) is 0.933. The number of halogens is 1. The number of aryl methyl sites for hydroxylation is 1. The van der Waals surface area contributed by atoms with E-state index < -0.39 is 0 Å². The molecule has 1 aromatic rings. The minimum absolute atomic E-state index is 0. The quantitative estimate of drug-likeness (QED) is 0.223. The number of benzene rings is 1. The summed E-state index contributed by atoms with van der Waals surface area (Å²) in [4.78, 5) is 9.31. The number of hydrogen-bond donors (Lipinski definition) is 2. The predicted molar refractivity (Wildman–Crippen MR) is 130 cm³/mol. The Hall–Kier alpha value is -1.06. The molecule has 2 N–H and O–H groups in total. The number of aliphatic imine (C=N–C) groups is 1. The molecule has 0 atom stereocenters. The maximum absolute atomic E-state index is 5.39. The van der Waals surface area contributed by atoms with Gasteiger partial charge in [-0.2, -0.15) is 0 Å². The van der Waals surface area contributed by atoms with Gasteiger partial charge in [-0.3, -0.25) is 9.89 Å². The molecule has 2 rings (SSSR count). The Labute approximate surface area is 188 Å². The topological polar surface area (TPSA) is 52.1 Å². The van der Waals surface area contributed by atoms with Gasteiger partial charge in [-0.25, -0.2) is 0 Å². The summed E-state index contributed by atoms with van der Waals surface area (Å²) in [7, 11) is 4.14. The van der Waals surface area contributed by atoms with Gasteiger partial charge in [0.15, 0.2) is 5.96 Å². The van der Waals surface area contributed by atoms with Gasteiger partial charge >= 0.3 is 0 Å². The lowest BCUT2D eigenvalue weighted by molar-refractivity contribution is 0.0376. The third-order valence-electron chi connectivity index (χ3n) is 4.74. The second-order valence-corrected chi connectivity index (χ2v) is 7.16. The first-order valence-corrected chi connectivity index (χ1v) is 10.3. The first-order valence-electron chi connectivity index (χ1n) is 10.3. The van der Waals surface area contributed by atoms with Gasteiger partial charge < -0.3 is 20.3 Å². The van der Waals surface area contributed by atoms with Crippen LogP contribution in [-0.2, 0) is 11.2 Å². The molecular formula is C21H38IN5O. The molecule has 1 fully saturated rings. The highest BCUT2D eigenvalue weighted by atomic mass is 127. The van der Waals surface area contributed by atoms with Crippen molar-refractivity contribution in [3.63, 3.8) is 0 Å². The zero-order valence-corrected chi connectivity index (χ0v) is 20.1. The molecule has 1 aromatic carbocycles. The van der Waals surface area contributed by atoms with Crippen molar-refractivity contribution in [2.24, 2.45) is 4.99 Å². The molecule has 6 nitrogen and oxygen atoms in total. The summed E-state index contributed by atoms with van der Waals surface area (Å²) in [6.07, 6.45) is 3.25. The Morgan fingerprint density at radius 3 is 2.46 bits per heavy atom. The summed E-state index contributed by atoms with van der Waals surface area (Å²) in [5, 5.41) is 6.79. The molecule has 1 aliphatic rings. The zero-order valence-electron chi connectivity index (χ0n) is 17.7. The molecule has 0 bridgehead atoms. The molecule has 0 spiro atoms. The van der Waals surface area contributed by atoms with Gasteiger partial charge in [0.05, 0.1) is 13.2 Å². The Bertz CT molecular complexity index is 544. The second-order valence-electron chi connectivity index (χ2n) is 7.16. The molecule has 0 radical (unpaired) electrons. The van der Waals surface area contributed by atoms with Crippen LogP contribution in [0, 0.1) is 0 Å². The normalized spacial score (nSPS) is 15.0. The number of anilines is 1. The van der Waals surface area contributed by atoms with Gasteiger partial charge in [0, 0.05) is 52.5 Å². The van der Waals surface area contributed by atoms with Crippen LogP contribution in [0.2, 0.25) is 0 Å². The van der Waals surface area contributed by atoms with Crippen LogP contribution >= 0.6 is 24.0 Å². The molecule has 0 saturated carbocycles. The third-order valence-corrected chi connectivity index (χ3v) is 4.74. The summed E-state index contributed by atoms with van der Waals surface area (Å²) in [6.45, 7) is 9.78. The van der Waals surface area contributed by atoms with Crippen LogP contribution in [0.25, 0.3) is 0 Å². The number of morpholine rings is 1. The lowest BCUT2D eigenvalue weighted by Gasteiger charge is -2.26. The molecule has 1 saturated heterocycles. The van der Waals surface area contributed by atoms with Gasteiger partial charge in [-0.05, 0) is 50.4 Å². The molecular weight excluding hydrogens is 465 g/mol. The van der Waals surface area contributed by atoms with Gasteiger partial charge in [0.25, 0.3) is 0 Å². The monoisotopic (exact) mass is 503 g/mol.